The van der Waals surface area contributed by atoms with Crippen LogP contribution in [0.1, 0.15) is 58.0 Å². The number of sulfone groups is 1. The van der Waals surface area contributed by atoms with E-state index in [4.69, 9.17) is 34.1 Å². The van der Waals surface area contributed by atoms with E-state index in [-0.39, 0.29) is 144 Å². The van der Waals surface area contributed by atoms with E-state index in [1.165, 1.54) is 114 Å². The molecule has 0 saturated heterocycles. The van der Waals surface area contributed by atoms with Gasteiger partial charge in [-0.2, -0.15) is 0 Å². The van der Waals surface area contributed by atoms with Crippen molar-refractivity contribution in [2.24, 2.45) is 11.8 Å². The van der Waals surface area contributed by atoms with E-state index < -0.39 is 68.5 Å². The Morgan fingerprint density at radius 2 is 0.750 bits per heavy atom. The Hall–Kier alpha value is -13.0. The summed E-state index contributed by atoms with van der Waals surface area (Å²) in [7, 11) is -13.0. The first kappa shape index (κ1) is 91.2. The van der Waals surface area contributed by atoms with Gasteiger partial charge < -0.3 is 29.9 Å². The van der Waals surface area contributed by atoms with E-state index in [1.54, 1.807) is 60.8 Å². The number of benzene rings is 14. The van der Waals surface area contributed by atoms with Crippen molar-refractivity contribution in [2.45, 2.75) is 109 Å². The molecule has 0 saturated carbocycles. The van der Waals surface area contributed by atoms with Crippen LogP contribution in [-0.4, -0.2) is 78.7 Å². The van der Waals surface area contributed by atoms with Crippen molar-refractivity contribution in [1.82, 2.24) is 29.9 Å². The van der Waals surface area contributed by atoms with Crippen LogP contribution < -0.4 is 57.1 Å². The Bertz CT molecular complexity index is 8880. The Kier molecular flexibility index (Phi) is 29.9. The molecule has 0 spiro atoms. The SMILES string of the molecule is CC(C)Cc1cc(-c2[c-]cc3c(c2)-c2ccccc2S3(=O)=O)ncc1[Si](C)(C)c1ccccc1.CC(C)Cc1cc(-c2[c-]cc3c(c2)-c2ccccc2[Si]3(C)C)ncc1[Si](C)(C)c1ccccc1.C[Si](C)(C)c1cnc(-c2[c-]cc3c(c2)-c2ccccc2[Si]3(c2ccccc2)c2ccccc2)cc1-c1ccccc1.[2H]c1[c-]c(-c2ccccn2)cc([2H])c1[2H].[2H]c1[c-]c(-c2nc([2H])c([2H])c([2H])c2[2H])cc([2H])c1[2H].[2H]c1nc(-c2[c-]cccc2)c([2H])c([2H])c1[2H].[Ir].[Ir].[Ir]. The summed E-state index contributed by atoms with van der Waals surface area (Å²) >= 11 is 0. The molecular weight excluding hydrogens is 2440 g/mol. The maximum Gasteiger partial charge on any atom is 0.173 e. The Balaban J connectivity index is 0.000000148. The molecule has 9 heterocycles. The first-order chi connectivity index (χ1) is 76.0. The predicted octanol–water partition coefficient (Wildman–Crippen LogP) is 24.5. The second-order valence-electron chi connectivity index (χ2n) is 39.6. The van der Waals surface area contributed by atoms with Gasteiger partial charge in [-0.3, -0.25) is 0 Å². The fourth-order valence-electron chi connectivity index (χ4n) is 19.7. The van der Waals surface area contributed by atoms with Crippen molar-refractivity contribution in [3.8, 4) is 112 Å². The maximum absolute atomic E-state index is 13.0. The minimum atomic E-state index is -3.49. The number of hydrogen-bond donors (Lipinski definition) is 0. The standard InChI is InChI=1S/C38H32NSi2.C31H34NSi2.C29H28NO2SSi.3C11H8N.3Ir/c1-40(2,3)38-27-39-35(26-33(38)28-15-7-4-8-16-28)29-23-24-37-34(25-29)32-21-13-14-22-36(32)41(37,30-17-9-5-10-18-30)31-19-11-6-12-20-31;1-22(2)18-24-20-28(32-21-31(24)33(3,4)25-12-8-7-9-13-25)23-16-17-30-27(19-23)26-14-10-11-15-29(26)34(30,5)6;1-20(2)16-22-18-26(30-19-29(22)34(3,4)23-10-6-5-7-11-23)21-14-15-28-25(17-21)24-12-8-9-13-27(24)33(28,31)32;3*1-2-6-10(7-3-1)11-8-4-5-9-12-11;;;/h4-22,24-27H,1-3H3;7-15,17,19-22H,18H2,1-6H3;5-13,15,17-20H,16H2,1-4H3;3*1-6,8-9H;;;/q6*-1;;;/i;;;1D,2D,3D,4D,5D,8D,9D;4D,5D,8D,9D;1D,2D,3D;;;. The third kappa shape index (κ3) is 23.8. The minimum Gasteiger partial charge on any atom is -0.305 e. The van der Waals surface area contributed by atoms with Crippen LogP contribution in [-0.2, 0) is 83.0 Å². The van der Waals surface area contributed by atoms with Crippen LogP contribution in [0.5, 0.6) is 0 Å². The molecule has 3 radical (unpaired) electrons. The largest absolute Gasteiger partial charge is 0.305 e. The van der Waals surface area contributed by atoms with Gasteiger partial charge >= 0.3 is 0 Å². The smallest absolute Gasteiger partial charge is 0.173 e. The van der Waals surface area contributed by atoms with E-state index in [1.807, 2.05) is 24.3 Å². The Morgan fingerprint density at radius 3 is 1.25 bits per heavy atom. The maximum atomic E-state index is 13.0. The summed E-state index contributed by atoms with van der Waals surface area (Å²) in [5.41, 5.74) is 20.1. The first-order valence-electron chi connectivity index (χ1n) is 55.8. The van der Waals surface area contributed by atoms with Crippen molar-refractivity contribution in [3.63, 3.8) is 0 Å². The number of pyridine rings is 6. The molecule has 0 fully saturated rings. The number of aromatic nitrogens is 6. The van der Waals surface area contributed by atoms with E-state index in [2.05, 4.69) is 399 Å². The van der Waals surface area contributed by atoms with Gasteiger partial charge in [0.05, 0.1) is 32.0 Å². The summed E-state index contributed by atoms with van der Waals surface area (Å²) in [5.74, 6) is 1.10. The van der Waals surface area contributed by atoms with Crippen LogP contribution >= 0.6 is 0 Å². The Morgan fingerprint density at radius 1 is 0.324 bits per heavy atom. The molecule has 0 amide bonds. The summed E-state index contributed by atoms with van der Waals surface area (Å²) in [6.07, 6.45) is 9.32. The van der Waals surface area contributed by atoms with Crippen LogP contribution in [0, 0.1) is 48.2 Å². The molecule has 0 unspecified atom stereocenters. The average molecular weight is 2570 g/mol. The van der Waals surface area contributed by atoms with Gasteiger partial charge in [-0.05, 0) is 139 Å². The molecule has 743 valence electrons. The van der Waals surface area contributed by atoms with Gasteiger partial charge in [0.25, 0.3) is 0 Å². The summed E-state index contributed by atoms with van der Waals surface area (Å²) in [6, 6.07) is 130. The first-order valence-corrected chi connectivity index (χ1v) is 64.7. The van der Waals surface area contributed by atoms with Crippen molar-refractivity contribution in [2.75, 3.05) is 0 Å². The van der Waals surface area contributed by atoms with Gasteiger partial charge in [-0.25, -0.2) is 8.42 Å². The van der Waals surface area contributed by atoms with Crippen molar-refractivity contribution in [1.29, 1.82) is 0 Å². The van der Waals surface area contributed by atoms with Crippen LogP contribution in [0.2, 0.25) is 58.9 Å². The summed E-state index contributed by atoms with van der Waals surface area (Å²) in [5, 5.41) is 15.7. The monoisotopic (exact) mass is 2570 g/mol. The van der Waals surface area contributed by atoms with Crippen LogP contribution in [0.15, 0.2) is 453 Å². The number of rotatable bonds is 18. The van der Waals surface area contributed by atoms with Crippen molar-refractivity contribution < 1.29 is 87.9 Å². The van der Waals surface area contributed by atoms with Crippen LogP contribution in [0.25, 0.3) is 112 Å². The Labute approximate surface area is 941 Å². The fourth-order valence-corrected chi connectivity index (χ4v) is 36.4. The normalized spacial score (nSPS) is 13.9. The van der Waals surface area contributed by atoms with Gasteiger partial charge in [0, 0.05) is 103 Å². The number of hydrogen-bond acceptors (Lipinski definition) is 8. The van der Waals surface area contributed by atoms with E-state index >= 15 is 0 Å². The predicted molar refractivity (Wildman–Crippen MR) is 619 cm³/mol. The summed E-state index contributed by atoms with van der Waals surface area (Å²) < 4.78 is 131. The van der Waals surface area contributed by atoms with Crippen molar-refractivity contribution >= 4 is 107 Å². The molecule has 3 aliphatic rings. The molecule has 148 heavy (non-hydrogen) atoms. The molecule has 23 rings (SSSR count). The minimum absolute atomic E-state index is 0. The zero-order chi connectivity index (χ0) is 113. The van der Waals surface area contributed by atoms with Gasteiger partial charge in [0.1, 0.15) is 24.2 Å². The van der Waals surface area contributed by atoms with Crippen molar-refractivity contribution in [3.05, 3.63) is 491 Å². The molecule has 20 aromatic rings. The topological polar surface area (TPSA) is 111 Å². The summed E-state index contributed by atoms with van der Waals surface area (Å²) in [4.78, 5) is 27.3. The van der Waals surface area contributed by atoms with Gasteiger partial charge in [0.2, 0.25) is 0 Å². The third-order valence-electron chi connectivity index (χ3n) is 27.0. The summed E-state index contributed by atoms with van der Waals surface area (Å²) in [6.45, 7) is 30.9. The molecule has 6 aromatic heterocycles. The van der Waals surface area contributed by atoms with Crippen LogP contribution in [0.4, 0.5) is 0 Å². The zero-order valence-electron chi connectivity index (χ0n) is 98.5. The molecule has 14 aromatic carbocycles. The second kappa shape index (κ2) is 48.5. The molecule has 8 nitrogen and oxygen atoms in total. The second-order valence-corrected chi connectivity index (χ2v) is 63.3. The number of fused-ring (bicyclic) bond motifs is 9. The fraction of sp³-hybridized carbons (Fsp3) is 0.130. The van der Waals surface area contributed by atoms with Crippen LogP contribution in [0.3, 0.4) is 0 Å². The molecule has 3 aliphatic heterocycles. The molecular formula is C131H118Ir3N6O2SSi5-6. The van der Waals surface area contributed by atoms with E-state index in [9.17, 15) is 8.42 Å². The van der Waals surface area contributed by atoms with Gasteiger partial charge in [-0.1, -0.05) is 413 Å². The average Bonchev–Trinajstić information content (AvgIpc) is 1.53. The zero-order valence-corrected chi connectivity index (χ0v) is 97.5. The molecule has 17 heteroatoms. The quantitative estimate of drug-likeness (QED) is 0.0617. The molecule has 0 aliphatic carbocycles. The number of nitrogens with zero attached hydrogens (tertiary/aromatic N) is 6. The van der Waals surface area contributed by atoms with E-state index in [0.29, 0.717) is 38.4 Å². The molecule has 0 bridgehead atoms. The van der Waals surface area contributed by atoms with Gasteiger partial charge in [0.15, 0.2) is 9.84 Å². The molecule has 0 atom stereocenters. The van der Waals surface area contributed by atoms with Gasteiger partial charge in [-0.15, -0.1) is 189 Å². The third-order valence-corrected chi connectivity index (χ3v) is 46.4. The molecule has 0 N–H and O–H groups in total. The van der Waals surface area contributed by atoms with E-state index in [0.717, 1.165) is 57.7 Å².